The zero-order valence-corrected chi connectivity index (χ0v) is 19.4. The number of aryl methyl sites for hydroxylation is 1. The Hall–Kier alpha value is -3.00. The Morgan fingerprint density at radius 2 is 1.74 bits per heavy atom. The maximum absolute atomic E-state index is 12.9. The summed E-state index contributed by atoms with van der Waals surface area (Å²) in [6, 6.07) is 12.9. The Bertz CT molecular complexity index is 1100. The number of anilines is 1. The van der Waals surface area contributed by atoms with Crippen LogP contribution in [0.5, 0.6) is 0 Å². The van der Waals surface area contributed by atoms with Crippen LogP contribution in [0.2, 0.25) is 0 Å². The van der Waals surface area contributed by atoms with Gasteiger partial charge in [-0.1, -0.05) is 44.7 Å². The molecular formula is C23H27N5O2S. The van der Waals surface area contributed by atoms with Gasteiger partial charge in [0.15, 0.2) is 5.78 Å². The largest absolute Gasteiger partial charge is 0.326 e. The molecule has 0 aliphatic carbocycles. The number of amides is 1. The number of tetrazole rings is 1. The van der Waals surface area contributed by atoms with Gasteiger partial charge in [0.25, 0.3) is 0 Å². The topological polar surface area (TPSA) is 89.8 Å². The molecule has 0 fully saturated rings. The van der Waals surface area contributed by atoms with Crippen molar-refractivity contribution >= 4 is 29.1 Å². The van der Waals surface area contributed by atoms with Crippen molar-refractivity contribution in [3.63, 3.8) is 0 Å². The molecule has 0 saturated heterocycles. The molecule has 0 bridgehead atoms. The Morgan fingerprint density at radius 1 is 1.06 bits per heavy atom. The van der Waals surface area contributed by atoms with E-state index in [0.29, 0.717) is 16.4 Å². The zero-order valence-electron chi connectivity index (χ0n) is 18.6. The fourth-order valence-corrected chi connectivity index (χ4v) is 3.73. The molecule has 1 N–H and O–H groups in total. The summed E-state index contributed by atoms with van der Waals surface area (Å²) < 4.78 is 1.67. The van der Waals surface area contributed by atoms with Crippen molar-refractivity contribution in [3.8, 4) is 5.69 Å². The minimum absolute atomic E-state index is 0.0331. The van der Waals surface area contributed by atoms with Crippen LogP contribution in [-0.4, -0.2) is 37.1 Å². The highest BCUT2D eigenvalue weighted by Crippen LogP contribution is 2.27. The SMILES string of the molecule is Cc1cccc(-n2nnnc2SC(C)C(=O)c2ccc(NC(=O)C(C)(C)C)cc2)c1C. The van der Waals surface area contributed by atoms with E-state index in [9.17, 15) is 9.59 Å². The Kier molecular flexibility index (Phi) is 6.59. The summed E-state index contributed by atoms with van der Waals surface area (Å²) in [7, 11) is 0. The van der Waals surface area contributed by atoms with E-state index in [0.717, 1.165) is 16.8 Å². The van der Waals surface area contributed by atoms with Gasteiger partial charge >= 0.3 is 0 Å². The molecule has 1 unspecified atom stereocenters. The molecule has 0 aliphatic rings. The van der Waals surface area contributed by atoms with E-state index in [1.807, 2.05) is 59.7 Å². The van der Waals surface area contributed by atoms with Crippen LogP contribution in [0.15, 0.2) is 47.6 Å². The standard InChI is InChI=1S/C23H27N5O2S/c1-14-8-7-9-19(15(14)2)28-22(25-26-27-28)31-16(3)20(29)17-10-12-18(13-11-17)24-21(30)23(4,5)6/h7-13,16H,1-6H3,(H,24,30). The lowest BCUT2D eigenvalue weighted by molar-refractivity contribution is -0.123. The van der Waals surface area contributed by atoms with E-state index in [2.05, 4.69) is 20.8 Å². The summed E-state index contributed by atoms with van der Waals surface area (Å²) in [6.45, 7) is 11.5. The van der Waals surface area contributed by atoms with Gasteiger partial charge in [0.1, 0.15) is 0 Å². The Morgan fingerprint density at radius 3 is 2.39 bits per heavy atom. The molecule has 1 aromatic heterocycles. The van der Waals surface area contributed by atoms with Crippen molar-refractivity contribution < 1.29 is 9.59 Å². The predicted molar refractivity (Wildman–Crippen MR) is 123 cm³/mol. The average molecular weight is 438 g/mol. The summed E-state index contributed by atoms with van der Waals surface area (Å²) in [5.41, 5.74) is 3.87. The number of benzene rings is 2. The van der Waals surface area contributed by atoms with Crippen LogP contribution >= 0.6 is 11.8 Å². The first-order valence-electron chi connectivity index (χ1n) is 10.1. The van der Waals surface area contributed by atoms with Crippen molar-refractivity contribution in [2.75, 3.05) is 5.32 Å². The van der Waals surface area contributed by atoms with Gasteiger partial charge in [-0.05, 0) is 72.7 Å². The van der Waals surface area contributed by atoms with Gasteiger partial charge in [-0.2, -0.15) is 4.68 Å². The van der Waals surface area contributed by atoms with E-state index in [1.54, 1.807) is 28.9 Å². The van der Waals surface area contributed by atoms with Crippen LogP contribution in [0.1, 0.15) is 49.2 Å². The minimum atomic E-state index is -0.487. The molecule has 3 aromatic rings. The molecule has 0 spiro atoms. The Balaban J connectivity index is 1.73. The first-order valence-corrected chi connectivity index (χ1v) is 10.9. The number of rotatable bonds is 6. The van der Waals surface area contributed by atoms with Crippen LogP contribution in [-0.2, 0) is 4.79 Å². The highest BCUT2D eigenvalue weighted by Gasteiger charge is 2.23. The molecular weight excluding hydrogens is 410 g/mol. The molecule has 8 heteroatoms. The highest BCUT2D eigenvalue weighted by atomic mass is 32.2. The van der Waals surface area contributed by atoms with E-state index in [4.69, 9.17) is 0 Å². The maximum atomic E-state index is 12.9. The summed E-state index contributed by atoms with van der Waals surface area (Å²) >= 11 is 1.31. The van der Waals surface area contributed by atoms with E-state index >= 15 is 0 Å². The fourth-order valence-electron chi connectivity index (χ4n) is 2.85. The quantitative estimate of drug-likeness (QED) is 0.447. The molecule has 2 aromatic carbocycles. The number of thioether (sulfide) groups is 1. The normalized spacial score (nSPS) is 12.5. The number of nitrogens with one attached hydrogen (secondary N) is 1. The van der Waals surface area contributed by atoms with Crippen LogP contribution in [0.4, 0.5) is 5.69 Å². The third kappa shape index (κ3) is 5.19. The fraction of sp³-hybridized carbons (Fsp3) is 0.348. The molecule has 1 amide bonds. The maximum Gasteiger partial charge on any atom is 0.229 e. The van der Waals surface area contributed by atoms with E-state index in [1.165, 1.54) is 11.8 Å². The highest BCUT2D eigenvalue weighted by molar-refractivity contribution is 8.00. The monoisotopic (exact) mass is 437 g/mol. The van der Waals surface area contributed by atoms with Crippen molar-refractivity contribution in [1.29, 1.82) is 0 Å². The molecule has 0 saturated carbocycles. The molecule has 3 rings (SSSR count). The second-order valence-electron chi connectivity index (χ2n) is 8.50. The molecule has 162 valence electrons. The molecule has 1 heterocycles. The Labute approximate surface area is 186 Å². The van der Waals surface area contributed by atoms with E-state index < -0.39 is 5.41 Å². The van der Waals surface area contributed by atoms with Gasteiger partial charge < -0.3 is 5.32 Å². The average Bonchev–Trinajstić information content (AvgIpc) is 3.17. The number of hydrogen-bond acceptors (Lipinski definition) is 6. The van der Waals surface area contributed by atoms with Gasteiger partial charge in [0.2, 0.25) is 11.1 Å². The van der Waals surface area contributed by atoms with Crippen LogP contribution < -0.4 is 5.32 Å². The van der Waals surface area contributed by atoms with Crippen molar-refractivity contribution in [3.05, 3.63) is 59.2 Å². The lowest BCUT2D eigenvalue weighted by Crippen LogP contribution is -2.27. The van der Waals surface area contributed by atoms with Crippen LogP contribution in [0.3, 0.4) is 0 Å². The van der Waals surface area contributed by atoms with Crippen molar-refractivity contribution in [2.45, 2.75) is 51.9 Å². The van der Waals surface area contributed by atoms with E-state index in [-0.39, 0.29) is 16.9 Å². The second-order valence-corrected chi connectivity index (χ2v) is 9.81. The van der Waals surface area contributed by atoms with Crippen molar-refractivity contribution in [2.24, 2.45) is 5.41 Å². The number of nitrogens with zero attached hydrogens (tertiary/aromatic N) is 4. The van der Waals surface area contributed by atoms with Gasteiger partial charge in [-0.15, -0.1) is 5.10 Å². The van der Waals surface area contributed by atoms with Crippen molar-refractivity contribution in [1.82, 2.24) is 20.2 Å². The lowest BCUT2D eigenvalue weighted by Gasteiger charge is -2.18. The van der Waals surface area contributed by atoms with Gasteiger partial charge in [-0.3, -0.25) is 9.59 Å². The summed E-state index contributed by atoms with van der Waals surface area (Å²) in [6.07, 6.45) is 0. The second kappa shape index (κ2) is 9.01. The first kappa shape index (κ1) is 22.7. The third-order valence-electron chi connectivity index (χ3n) is 5.01. The summed E-state index contributed by atoms with van der Waals surface area (Å²) in [4.78, 5) is 25.1. The number of ketones is 1. The molecule has 1 atom stereocenters. The predicted octanol–water partition coefficient (Wildman–Crippen LogP) is 4.63. The molecule has 31 heavy (non-hydrogen) atoms. The number of hydrogen-bond donors (Lipinski definition) is 1. The molecule has 0 aliphatic heterocycles. The summed E-state index contributed by atoms with van der Waals surface area (Å²) in [5.74, 6) is -0.108. The number of carbonyl (C=O) groups is 2. The van der Waals surface area contributed by atoms with Crippen LogP contribution in [0, 0.1) is 19.3 Å². The number of carbonyl (C=O) groups excluding carboxylic acids is 2. The summed E-state index contributed by atoms with van der Waals surface area (Å²) in [5, 5.41) is 15.1. The molecule has 0 radical (unpaired) electrons. The first-order chi connectivity index (χ1) is 14.6. The zero-order chi connectivity index (χ0) is 22.8. The number of aromatic nitrogens is 4. The van der Waals surface area contributed by atoms with Crippen LogP contribution in [0.25, 0.3) is 5.69 Å². The molecule has 7 nitrogen and oxygen atoms in total. The van der Waals surface area contributed by atoms with Gasteiger partial charge in [-0.25, -0.2) is 0 Å². The minimum Gasteiger partial charge on any atom is -0.326 e. The van der Waals surface area contributed by atoms with Gasteiger partial charge in [0, 0.05) is 16.7 Å². The lowest BCUT2D eigenvalue weighted by atomic mass is 9.95. The van der Waals surface area contributed by atoms with Gasteiger partial charge in [0.05, 0.1) is 10.9 Å². The smallest absolute Gasteiger partial charge is 0.229 e. The number of Topliss-reactive ketones (excluding diaryl/α,β-unsaturated/α-hetero) is 1. The third-order valence-corrected chi connectivity index (χ3v) is 6.04.